The summed E-state index contributed by atoms with van der Waals surface area (Å²) < 4.78 is 37.2. The number of rotatable bonds is 6. The molecule has 1 aromatic rings. The van der Waals surface area contributed by atoms with Gasteiger partial charge in [0.05, 0.1) is 0 Å². The van der Waals surface area contributed by atoms with E-state index in [9.17, 15) is 13.2 Å². The van der Waals surface area contributed by atoms with Crippen molar-refractivity contribution in [3.8, 4) is 0 Å². The van der Waals surface area contributed by atoms with E-state index in [-0.39, 0.29) is 12.5 Å². The van der Waals surface area contributed by atoms with Crippen molar-refractivity contribution in [2.45, 2.75) is 25.9 Å². The van der Waals surface area contributed by atoms with Crippen LogP contribution in [-0.4, -0.2) is 35.8 Å². The molecule has 0 radical (unpaired) electrons. The van der Waals surface area contributed by atoms with Crippen LogP contribution in [0, 0.1) is 0 Å². The molecule has 0 atom stereocenters. The number of halogens is 3. The molecule has 1 rings (SSSR count). The van der Waals surface area contributed by atoms with Crippen LogP contribution in [0.15, 0.2) is 12.4 Å². The molecule has 0 saturated carbocycles. The normalized spacial score (nSPS) is 11.6. The average Bonchev–Trinajstić information content (AvgIpc) is 2.28. The summed E-state index contributed by atoms with van der Waals surface area (Å²) in [6.45, 7) is 1.52. The summed E-state index contributed by atoms with van der Waals surface area (Å²) in [5, 5.41) is 0. The SMILES string of the molecule is CCCN(CC(F)(F)F)c1ncc(CCN)cn1. The fourth-order valence-corrected chi connectivity index (χ4v) is 1.54. The molecule has 0 aliphatic rings. The Balaban J connectivity index is 2.78. The van der Waals surface area contributed by atoms with E-state index in [4.69, 9.17) is 5.73 Å². The Morgan fingerprint density at radius 1 is 1.28 bits per heavy atom. The van der Waals surface area contributed by atoms with Crippen LogP contribution >= 0.6 is 0 Å². The van der Waals surface area contributed by atoms with Crippen LogP contribution in [-0.2, 0) is 6.42 Å². The van der Waals surface area contributed by atoms with Crippen molar-refractivity contribution < 1.29 is 13.2 Å². The van der Waals surface area contributed by atoms with Gasteiger partial charge in [0.15, 0.2) is 0 Å². The maximum Gasteiger partial charge on any atom is 0.406 e. The van der Waals surface area contributed by atoms with Crippen molar-refractivity contribution in [3.05, 3.63) is 18.0 Å². The van der Waals surface area contributed by atoms with Crippen LogP contribution < -0.4 is 10.6 Å². The second-order valence-electron chi connectivity index (χ2n) is 3.97. The molecule has 0 fully saturated rings. The first-order chi connectivity index (χ1) is 8.46. The summed E-state index contributed by atoms with van der Waals surface area (Å²) in [6, 6.07) is 0. The molecule has 0 aliphatic carbocycles. The third kappa shape index (κ3) is 4.87. The molecule has 1 heterocycles. The number of alkyl halides is 3. The molecule has 7 heteroatoms. The van der Waals surface area contributed by atoms with Gasteiger partial charge in [-0.3, -0.25) is 0 Å². The van der Waals surface area contributed by atoms with Crippen molar-refractivity contribution in [2.24, 2.45) is 5.73 Å². The maximum atomic E-state index is 12.4. The number of anilines is 1. The standard InChI is InChI=1S/C11H17F3N4/c1-2-5-18(8-11(12,13)14)10-16-6-9(3-4-15)7-17-10/h6-7H,2-5,8,15H2,1H3. The topological polar surface area (TPSA) is 55.0 Å². The highest BCUT2D eigenvalue weighted by molar-refractivity contribution is 5.30. The minimum atomic E-state index is -4.26. The lowest BCUT2D eigenvalue weighted by Gasteiger charge is -2.23. The lowest BCUT2D eigenvalue weighted by molar-refractivity contribution is -0.119. The Labute approximate surface area is 104 Å². The van der Waals surface area contributed by atoms with Crippen molar-refractivity contribution in [3.63, 3.8) is 0 Å². The Morgan fingerprint density at radius 3 is 2.33 bits per heavy atom. The maximum absolute atomic E-state index is 12.4. The van der Waals surface area contributed by atoms with Gasteiger partial charge >= 0.3 is 6.18 Å². The van der Waals surface area contributed by atoms with E-state index in [1.165, 1.54) is 12.4 Å². The van der Waals surface area contributed by atoms with Gasteiger partial charge in [-0.05, 0) is 24.9 Å². The van der Waals surface area contributed by atoms with Gasteiger partial charge in [0.1, 0.15) is 6.54 Å². The second kappa shape index (κ2) is 6.53. The van der Waals surface area contributed by atoms with Crippen molar-refractivity contribution in [1.29, 1.82) is 0 Å². The quantitative estimate of drug-likeness (QED) is 0.848. The van der Waals surface area contributed by atoms with Crippen LogP contribution in [0.1, 0.15) is 18.9 Å². The third-order valence-electron chi connectivity index (χ3n) is 2.27. The average molecular weight is 262 g/mol. The molecular formula is C11H17F3N4. The zero-order chi connectivity index (χ0) is 13.6. The predicted octanol–water partition coefficient (Wildman–Crippen LogP) is 1.76. The summed E-state index contributed by atoms with van der Waals surface area (Å²) in [4.78, 5) is 9.05. The lowest BCUT2D eigenvalue weighted by atomic mass is 10.2. The highest BCUT2D eigenvalue weighted by Crippen LogP contribution is 2.19. The van der Waals surface area contributed by atoms with Crippen LogP contribution in [0.3, 0.4) is 0 Å². The van der Waals surface area contributed by atoms with Crippen LogP contribution in [0.5, 0.6) is 0 Å². The molecule has 0 unspecified atom stereocenters. The molecule has 0 aromatic carbocycles. The van der Waals surface area contributed by atoms with E-state index in [0.29, 0.717) is 19.4 Å². The third-order valence-corrected chi connectivity index (χ3v) is 2.27. The number of hydrogen-bond acceptors (Lipinski definition) is 4. The first-order valence-electron chi connectivity index (χ1n) is 5.79. The van der Waals surface area contributed by atoms with Crippen LogP contribution in [0.4, 0.5) is 19.1 Å². The van der Waals surface area contributed by atoms with Crippen molar-refractivity contribution in [2.75, 3.05) is 24.5 Å². The Kier molecular flexibility index (Phi) is 5.33. The largest absolute Gasteiger partial charge is 0.406 e. The van der Waals surface area contributed by atoms with Crippen LogP contribution in [0.2, 0.25) is 0 Å². The van der Waals surface area contributed by atoms with E-state index in [1.54, 1.807) is 0 Å². The van der Waals surface area contributed by atoms with E-state index < -0.39 is 12.7 Å². The highest BCUT2D eigenvalue weighted by atomic mass is 19.4. The molecule has 18 heavy (non-hydrogen) atoms. The minimum absolute atomic E-state index is 0.106. The molecule has 0 spiro atoms. The van der Waals surface area contributed by atoms with Gasteiger partial charge < -0.3 is 10.6 Å². The molecule has 0 aliphatic heterocycles. The van der Waals surface area contributed by atoms with Gasteiger partial charge in [0.25, 0.3) is 0 Å². The van der Waals surface area contributed by atoms with Gasteiger partial charge in [-0.1, -0.05) is 6.92 Å². The summed E-state index contributed by atoms with van der Waals surface area (Å²) in [5.74, 6) is 0.106. The summed E-state index contributed by atoms with van der Waals surface area (Å²) in [7, 11) is 0. The zero-order valence-electron chi connectivity index (χ0n) is 10.2. The summed E-state index contributed by atoms with van der Waals surface area (Å²) >= 11 is 0. The molecule has 1 aromatic heterocycles. The molecule has 2 N–H and O–H groups in total. The number of aromatic nitrogens is 2. The van der Waals surface area contributed by atoms with Crippen LogP contribution in [0.25, 0.3) is 0 Å². The smallest absolute Gasteiger partial charge is 0.332 e. The Bertz CT molecular complexity index is 350. The Hall–Kier alpha value is -1.37. The second-order valence-corrected chi connectivity index (χ2v) is 3.97. The number of nitrogens with two attached hydrogens (primary N) is 1. The van der Waals surface area contributed by atoms with Gasteiger partial charge in [-0.2, -0.15) is 13.2 Å². The molecule has 0 bridgehead atoms. The van der Waals surface area contributed by atoms with Crippen molar-refractivity contribution >= 4 is 5.95 Å². The first-order valence-corrected chi connectivity index (χ1v) is 5.79. The van der Waals surface area contributed by atoms with Gasteiger partial charge in [0.2, 0.25) is 5.95 Å². The van der Waals surface area contributed by atoms with Gasteiger partial charge in [0, 0.05) is 18.9 Å². The molecule has 4 nitrogen and oxygen atoms in total. The predicted molar refractivity (Wildman–Crippen MR) is 63.3 cm³/mol. The van der Waals surface area contributed by atoms with E-state index in [2.05, 4.69) is 9.97 Å². The van der Waals surface area contributed by atoms with E-state index >= 15 is 0 Å². The van der Waals surface area contributed by atoms with Gasteiger partial charge in [-0.25, -0.2) is 9.97 Å². The first kappa shape index (κ1) is 14.7. The Morgan fingerprint density at radius 2 is 1.89 bits per heavy atom. The van der Waals surface area contributed by atoms with E-state index in [1.807, 2.05) is 6.92 Å². The van der Waals surface area contributed by atoms with E-state index in [0.717, 1.165) is 10.5 Å². The number of hydrogen-bond donors (Lipinski definition) is 1. The zero-order valence-corrected chi connectivity index (χ0v) is 10.2. The molecule has 0 amide bonds. The molecule has 102 valence electrons. The van der Waals surface area contributed by atoms with Gasteiger partial charge in [-0.15, -0.1) is 0 Å². The van der Waals surface area contributed by atoms with Crippen molar-refractivity contribution in [1.82, 2.24) is 9.97 Å². The fourth-order valence-electron chi connectivity index (χ4n) is 1.54. The minimum Gasteiger partial charge on any atom is -0.332 e. The monoisotopic (exact) mass is 262 g/mol. The summed E-state index contributed by atoms with van der Waals surface area (Å²) in [6.07, 6.45) is 0.00817. The lowest BCUT2D eigenvalue weighted by Crippen LogP contribution is -2.36. The molecule has 0 saturated heterocycles. The number of nitrogens with zero attached hydrogens (tertiary/aromatic N) is 3. The molecular weight excluding hydrogens is 245 g/mol. The summed E-state index contributed by atoms with van der Waals surface area (Å²) in [5.41, 5.74) is 6.20. The highest BCUT2D eigenvalue weighted by Gasteiger charge is 2.31. The fraction of sp³-hybridized carbons (Fsp3) is 0.636.